The molecular weight excluding hydrogens is 414 g/mol. The molecule has 0 spiro atoms. The highest BCUT2D eigenvalue weighted by atomic mass is 32.1. The van der Waals surface area contributed by atoms with Crippen LogP contribution in [-0.2, 0) is 6.54 Å². The van der Waals surface area contributed by atoms with Gasteiger partial charge in [0.05, 0.1) is 9.58 Å². The summed E-state index contributed by atoms with van der Waals surface area (Å²) in [5.74, 6) is -0.0252. The van der Waals surface area contributed by atoms with Gasteiger partial charge >= 0.3 is 0 Å². The summed E-state index contributed by atoms with van der Waals surface area (Å²) in [7, 11) is 2.16. The number of thiazole rings is 1. The molecule has 160 valence electrons. The number of likely N-dealkylation sites (N-methyl/N-ethyl adjacent to an activating group) is 1. The third-order valence-corrected chi connectivity index (χ3v) is 7.83. The molecule has 0 unspecified atom stereocenters. The van der Waals surface area contributed by atoms with E-state index in [1.54, 1.807) is 11.3 Å². The first-order valence-corrected chi connectivity index (χ1v) is 12.2. The zero-order valence-electron chi connectivity index (χ0n) is 17.9. The van der Waals surface area contributed by atoms with E-state index in [9.17, 15) is 4.79 Å². The van der Waals surface area contributed by atoms with Gasteiger partial charge in [0.1, 0.15) is 4.83 Å². The Balaban J connectivity index is 1.43. The SMILES string of the molecule is CCN(CC)c1nc2sc(C(=O)NCc3ccccc3N3CCN(C)CC3)cc2s1. The standard InChI is InChI=1S/C22H29N5OS2/c1-4-26(5-2)22-24-21-19(30-22)14-18(29-21)20(28)23-15-16-8-6-7-9-17(16)27-12-10-25(3)11-13-27/h6-9,14H,4-5,10-13,15H2,1-3H3,(H,23,28). The minimum Gasteiger partial charge on any atom is -0.369 e. The fourth-order valence-electron chi connectivity index (χ4n) is 3.74. The van der Waals surface area contributed by atoms with Gasteiger partial charge in [-0.15, -0.1) is 11.3 Å². The number of amides is 1. The van der Waals surface area contributed by atoms with Gasteiger partial charge in [0.15, 0.2) is 5.13 Å². The van der Waals surface area contributed by atoms with Crippen LogP contribution in [0.2, 0.25) is 0 Å². The number of para-hydroxylation sites is 1. The lowest BCUT2D eigenvalue weighted by molar-refractivity contribution is 0.0955. The molecule has 0 atom stereocenters. The first-order chi connectivity index (χ1) is 14.6. The van der Waals surface area contributed by atoms with E-state index in [0.717, 1.165) is 64.4 Å². The molecular formula is C22H29N5OS2. The van der Waals surface area contributed by atoms with Gasteiger partial charge in [0.2, 0.25) is 0 Å². The third kappa shape index (κ3) is 4.45. The molecule has 0 radical (unpaired) electrons. The lowest BCUT2D eigenvalue weighted by Gasteiger charge is -2.35. The van der Waals surface area contributed by atoms with Crippen LogP contribution in [-0.4, -0.2) is 62.1 Å². The molecule has 1 amide bonds. The normalized spacial score (nSPS) is 15.0. The Morgan fingerprint density at radius 3 is 2.57 bits per heavy atom. The number of hydrogen-bond acceptors (Lipinski definition) is 7. The van der Waals surface area contributed by atoms with Gasteiger partial charge in [-0.25, -0.2) is 4.98 Å². The van der Waals surface area contributed by atoms with Gasteiger partial charge in [0, 0.05) is 51.5 Å². The van der Waals surface area contributed by atoms with E-state index in [4.69, 9.17) is 4.98 Å². The molecule has 0 saturated carbocycles. The van der Waals surface area contributed by atoms with Crippen LogP contribution in [0.1, 0.15) is 29.1 Å². The summed E-state index contributed by atoms with van der Waals surface area (Å²) in [6.45, 7) is 10.9. The summed E-state index contributed by atoms with van der Waals surface area (Å²) >= 11 is 3.14. The zero-order chi connectivity index (χ0) is 21.1. The fraction of sp³-hybridized carbons (Fsp3) is 0.455. The Labute approximate surface area is 186 Å². The summed E-state index contributed by atoms with van der Waals surface area (Å²) in [4.78, 5) is 26.2. The average molecular weight is 444 g/mol. The number of piperazine rings is 1. The molecule has 0 aliphatic carbocycles. The van der Waals surface area contributed by atoms with E-state index in [2.05, 4.69) is 59.1 Å². The number of rotatable bonds is 7. The molecule has 1 fully saturated rings. The third-order valence-electron chi connectivity index (χ3n) is 5.61. The van der Waals surface area contributed by atoms with E-state index in [1.165, 1.54) is 17.0 Å². The van der Waals surface area contributed by atoms with Crippen molar-refractivity contribution in [3.8, 4) is 0 Å². The lowest BCUT2D eigenvalue weighted by atomic mass is 10.1. The molecule has 4 rings (SSSR count). The highest BCUT2D eigenvalue weighted by molar-refractivity contribution is 7.29. The summed E-state index contributed by atoms with van der Waals surface area (Å²) in [6, 6.07) is 10.4. The van der Waals surface area contributed by atoms with Crippen LogP contribution in [0.25, 0.3) is 9.53 Å². The quantitative estimate of drug-likeness (QED) is 0.600. The van der Waals surface area contributed by atoms with Crippen molar-refractivity contribution < 1.29 is 4.79 Å². The number of carbonyl (C=O) groups excluding carboxylic acids is 1. The predicted molar refractivity (Wildman–Crippen MR) is 128 cm³/mol. The number of nitrogens with one attached hydrogen (secondary N) is 1. The van der Waals surface area contributed by atoms with Crippen molar-refractivity contribution in [3.63, 3.8) is 0 Å². The van der Waals surface area contributed by atoms with Crippen molar-refractivity contribution >= 4 is 48.9 Å². The monoisotopic (exact) mass is 443 g/mol. The van der Waals surface area contributed by atoms with Crippen LogP contribution in [0, 0.1) is 0 Å². The summed E-state index contributed by atoms with van der Waals surface area (Å²) in [5.41, 5.74) is 2.39. The average Bonchev–Trinajstić information content (AvgIpc) is 3.33. The maximum Gasteiger partial charge on any atom is 0.261 e. The Morgan fingerprint density at radius 1 is 1.13 bits per heavy atom. The second-order valence-corrected chi connectivity index (χ2v) is 9.59. The topological polar surface area (TPSA) is 51.7 Å². The van der Waals surface area contributed by atoms with Gasteiger partial charge in [-0.1, -0.05) is 29.5 Å². The molecule has 3 heterocycles. The van der Waals surface area contributed by atoms with Crippen molar-refractivity contribution in [1.29, 1.82) is 0 Å². The Kier molecular flexibility index (Phi) is 6.55. The molecule has 2 aromatic heterocycles. The number of anilines is 2. The first kappa shape index (κ1) is 21.1. The van der Waals surface area contributed by atoms with Crippen LogP contribution in [0.15, 0.2) is 30.3 Å². The molecule has 1 aliphatic rings. The molecule has 1 aromatic carbocycles. The van der Waals surface area contributed by atoms with E-state index < -0.39 is 0 Å². The Morgan fingerprint density at radius 2 is 1.87 bits per heavy atom. The smallest absolute Gasteiger partial charge is 0.261 e. The van der Waals surface area contributed by atoms with Crippen molar-refractivity contribution in [3.05, 3.63) is 40.8 Å². The van der Waals surface area contributed by atoms with Gasteiger partial charge in [-0.3, -0.25) is 4.79 Å². The van der Waals surface area contributed by atoms with Gasteiger partial charge in [0.25, 0.3) is 5.91 Å². The molecule has 30 heavy (non-hydrogen) atoms. The zero-order valence-corrected chi connectivity index (χ0v) is 19.5. The van der Waals surface area contributed by atoms with Crippen LogP contribution < -0.4 is 15.1 Å². The van der Waals surface area contributed by atoms with Crippen molar-refractivity contribution in [2.75, 3.05) is 56.1 Å². The number of hydrogen-bond donors (Lipinski definition) is 1. The van der Waals surface area contributed by atoms with E-state index in [1.807, 2.05) is 12.1 Å². The summed E-state index contributed by atoms with van der Waals surface area (Å²) in [5, 5.41) is 4.15. The molecule has 8 heteroatoms. The van der Waals surface area contributed by atoms with Crippen LogP contribution in [0.4, 0.5) is 10.8 Å². The van der Waals surface area contributed by atoms with Gasteiger partial charge < -0.3 is 20.0 Å². The number of nitrogens with zero attached hydrogens (tertiary/aromatic N) is 4. The van der Waals surface area contributed by atoms with Crippen molar-refractivity contribution in [1.82, 2.24) is 15.2 Å². The lowest BCUT2D eigenvalue weighted by Crippen LogP contribution is -2.45. The Bertz CT molecular complexity index is 971. The van der Waals surface area contributed by atoms with E-state index in [0.29, 0.717) is 6.54 Å². The molecule has 1 saturated heterocycles. The van der Waals surface area contributed by atoms with Crippen LogP contribution >= 0.6 is 22.7 Å². The molecule has 3 aromatic rings. The number of aromatic nitrogens is 1. The number of carbonyl (C=O) groups is 1. The van der Waals surface area contributed by atoms with Gasteiger partial charge in [-0.2, -0.15) is 0 Å². The highest BCUT2D eigenvalue weighted by Gasteiger charge is 2.19. The maximum absolute atomic E-state index is 12.8. The predicted octanol–water partition coefficient (Wildman–Crippen LogP) is 3.89. The maximum atomic E-state index is 12.8. The molecule has 0 bridgehead atoms. The summed E-state index contributed by atoms with van der Waals surface area (Å²) in [6.07, 6.45) is 0. The van der Waals surface area contributed by atoms with E-state index in [-0.39, 0.29) is 5.91 Å². The number of benzene rings is 1. The number of thiophene rings is 1. The minimum absolute atomic E-state index is 0.0252. The summed E-state index contributed by atoms with van der Waals surface area (Å²) < 4.78 is 1.09. The molecule has 1 N–H and O–H groups in total. The Hall–Kier alpha value is -2.16. The second kappa shape index (κ2) is 9.32. The first-order valence-electron chi connectivity index (χ1n) is 10.5. The van der Waals surface area contributed by atoms with E-state index >= 15 is 0 Å². The fourth-order valence-corrected chi connectivity index (χ4v) is 6.00. The van der Waals surface area contributed by atoms with Crippen LogP contribution in [0.3, 0.4) is 0 Å². The number of fused-ring (bicyclic) bond motifs is 1. The van der Waals surface area contributed by atoms with Crippen LogP contribution in [0.5, 0.6) is 0 Å². The van der Waals surface area contributed by atoms with Crippen molar-refractivity contribution in [2.24, 2.45) is 0 Å². The minimum atomic E-state index is -0.0252. The highest BCUT2D eigenvalue weighted by Crippen LogP contribution is 2.34. The second-order valence-electron chi connectivity index (χ2n) is 7.55. The largest absolute Gasteiger partial charge is 0.369 e. The van der Waals surface area contributed by atoms with Gasteiger partial charge in [-0.05, 0) is 38.6 Å². The molecule has 1 aliphatic heterocycles. The molecule has 6 nitrogen and oxygen atoms in total. The van der Waals surface area contributed by atoms with Crippen molar-refractivity contribution in [2.45, 2.75) is 20.4 Å².